The first kappa shape index (κ1) is 21.5. The number of nitrogens with one attached hydrogen (secondary N) is 1. The summed E-state index contributed by atoms with van der Waals surface area (Å²) in [5.74, 6) is -3.52. The van der Waals surface area contributed by atoms with Crippen LogP contribution in [0, 0.1) is 5.92 Å². The average molecular weight is 424 g/mol. The van der Waals surface area contributed by atoms with Crippen molar-refractivity contribution in [3.8, 4) is 0 Å². The number of carbonyl (C=O) groups excluding carboxylic acids is 2. The number of amides is 2. The molecule has 0 aromatic heterocycles. The number of rotatable bonds is 8. The van der Waals surface area contributed by atoms with Gasteiger partial charge < -0.3 is 15.3 Å². The van der Waals surface area contributed by atoms with Crippen molar-refractivity contribution >= 4 is 39.0 Å². The molecular formula is C14H20N2O9S2. The van der Waals surface area contributed by atoms with Gasteiger partial charge in [0, 0.05) is 30.5 Å². The molecule has 2 heterocycles. The Morgan fingerprint density at radius 3 is 2.48 bits per heavy atom. The minimum Gasteiger partial charge on any atom is -0.477 e. The number of hydrogen-bond donors (Lipinski definition) is 3. The summed E-state index contributed by atoms with van der Waals surface area (Å²) in [6.07, 6.45) is -0.0387. The minimum atomic E-state index is -4.84. The van der Waals surface area contributed by atoms with Crippen LogP contribution in [0.5, 0.6) is 0 Å². The fraction of sp³-hybridized carbons (Fsp3) is 0.643. The SMILES string of the molecule is CC(=O)NCC[S@](=O)C1=C(C(=O)O)N2C(=O)[C@@H](C(C)(C)OS(=O)(=O)O)[C@@H]2C1. The molecule has 27 heavy (non-hydrogen) atoms. The molecule has 0 radical (unpaired) electrons. The van der Waals surface area contributed by atoms with E-state index in [0.717, 1.165) is 4.90 Å². The summed E-state index contributed by atoms with van der Waals surface area (Å²) in [6, 6.07) is -0.750. The predicted molar refractivity (Wildman–Crippen MR) is 91.8 cm³/mol. The van der Waals surface area contributed by atoms with Crippen LogP contribution in [0.25, 0.3) is 0 Å². The van der Waals surface area contributed by atoms with Gasteiger partial charge in [0.15, 0.2) is 0 Å². The van der Waals surface area contributed by atoms with Crippen LogP contribution in [-0.2, 0) is 39.8 Å². The normalized spacial score (nSPS) is 23.7. The molecule has 0 aromatic rings. The number of carbonyl (C=O) groups is 3. The lowest BCUT2D eigenvalue weighted by Gasteiger charge is -2.49. The van der Waals surface area contributed by atoms with Crippen molar-refractivity contribution < 1.29 is 40.9 Å². The molecule has 3 N–H and O–H groups in total. The lowest BCUT2D eigenvalue weighted by atomic mass is 9.76. The smallest absolute Gasteiger partial charge is 0.397 e. The molecule has 0 spiro atoms. The highest BCUT2D eigenvalue weighted by atomic mass is 32.3. The van der Waals surface area contributed by atoms with Crippen molar-refractivity contribution in [2.45, 2.75) is 38.8 Å². The van der Waals surface area contributed by atoms with Crippen molar-refractivity contribution in [1.82, 2.24) is 10.2 Å². The van der Waals surface area contributed by atoms with E-state index in [1.165, 1.54) is 20.8 Å². The van der Waals surface area contributed by atoms with Crippen LogP contribution in [0.15, 0.2) is 10.6 Å². The highest BCUT2D eigenvalue weighted by Crippen LogP contribution is 2.48. The lowest BCUT2D eigenvalue weighted by molar-refractivity contribution is -0.166. The third-order valence-electron chi connectivity index (χ3n) is 4.33. The Labute approximate surface area is 158 Å². The highest BCUT2D eigenvalue weighted by Gasteiger charge is 2.62. The van der Waals surface area contributed by atoms with Gasteiger partial charge in [-0.15, -0.1) is 0 Å². The Hall–Kier alpha value is -1.83. The fourth-order valence-electron chi connectivity index (χ4n) is 3.40. The summed E-state index contributed by atoms with van der Waals surface area (Å²) in [6.45, 7) is 3.92. The largest absolute Gasteiger partial charge is 0.477 e. The summed E-state index contributed by atoms with van der Waals surface area (Å²) in [4.78, 5) is 36.0. The quantitative estimate of drug-likeness (QED) is 0.327. The Kier molecular flexibility index (Phi) is 5.80. The Bertz CT molecular complexity index is 847. The van der Waals surface area contributed by atoms with E-state index in [0.29, 0.717) is 0 Å². The second-order valence-corrected chi connectivity index (χ2v) is 9.30. The van der Waals surface area contributed by atoms with Crippen LogP contribution >= 0.6 is 0 Å². The molecule has 0 saturated carbocycles. The molecule has 13 heteroatoms. The van der Waals surface area contributed by atoms with E-state index < -0.39 is 56.3 Å². The topological polar surface area (TPSA) is 167 Å². The van der Waals surface area contributed by atoms with Gasteiger partial charge in [0.05, 0.1) is 28.4 Å². The van der Waals surface area contributed by atoms with Crippen LogP contribution in [0.3, 0.4) is 0 Å². The summed E-state index contributed by atoms with van der Waals surface area (Å²) >= 11 is 0. The predicted octanol–water partition coefficient (Wildman–Crippen LogP) is -1.00. The number of fused-ring (bicyclic) bond motifs is 1. The number of nitrogens with zero attached hydrogens (tertiary/aromatic N) is 1. The molecule has 2 aliphatic rings. The minimum absolute atomic E-state index is 0.0317. The molecule has 2 rings (SSSR count). The second kappa shape index (κ2) is 7.30. The third kappa shape index (κ3) is 4.36. The Morgan fingerprint density at radius 1 is 1.41 bits per heavy atom. The zero-order chi connectivity index (χ0) is 20.7. The number of aliphatic carboxylic acids is 1. The van der Waals surface area contributed by atoms with Gasteiger partial charge in [-0.3, -0.25) is 18.4 Å². The number of hydrogen-bond acceptors (Lipinski definition) is 7. The molecule has 0 bridgehead atoms. The fourth-order valence-corrected chi connectivity index (χ4v) is 5.34. The van der Waals surface area contributed by atoms with Gasteiger partial charge >= 0.3 is 16.4 Å². The molecule has 0 aliphatic carbocycles. The molecule has 3 atom stereocenters. The lowest BCUT2D eigenvalue weighted by Crippen LogP contribution is -2.66. The Morgan fingerprint density at radius 2 is 2.00 bits per heavy atom. The van der Waals surface area contributed by atoms with Gasteiger partial charge in [0.1, 0.15) is 5.70 Å². The van der Waals surface area contributed by atoms with E-state index in [2.05, 4.69) is 9.50 Å². The van der Waals surface area contributed by atoms with Gasteiger partial charge in [-0.2, -0.15) is 8.42 Å². The van der Waals surface area contributed by atoms with Gasteiger partial charge in [-0.1, -0.05) is 0 Å². The zero-order valence-corrected chi connectivity index (χ0v) is 16.4. The number of carboxylic acids is 1. The third-order valence-corrected chi connectivity index (χ3v) is 6.45. The van der Waals surface area contributed by atoms with E-state index >= 15 is 0 Å². The summed E-state index contributed by atoms with van der Waals surface area (Å²) in [5.41, 5.74) is -2.02. The van der Waals surface area contributed by atoms with Crippen molar-refractivity contribution in [1.29, 1.82) is 0 Å². The molecule has 0 unspecified atom stereocenters. The molecule has 1 fully saturated rings. The first-order chi connectivity index (χ1) is 12.3. The van der Waals surface area contributed by atoms with Crippen molar-refractivity contribution in [3.63, 3.8) is 0 Å². The van der Waals surface area contributed by atoms with Crippen LogP contribution in [0.4, 0.5) is 0 Å². The highest BCUT2D eigenvalue weighted by molar-refractivity contribution is 7.89. The number of β-lactam (4-membered cyclic amide) rings is 1. The van der Waals surface area contributed by atoms with E-state index in [4.69, 9.17) is 4.55 Å². The molecule has 2 aliphatic heterocycles. The maximum Gasteiger partial charge on any atom is 0.397 e. The summed E-state index contributed by atoms with van der Waals surface area (Å²) < 4.78 is 48.0. The van der Waals surface area contributed by atoms with Gasteiger partial charge in [0.25, 0.3) is 0 Å². The molecular weight excluding hydrogens is 404 g/mol. The average Bonchev–Trinajstić information content (AvgIpc) is 2.78. The van der Waals surface area contributed by atoms with Gasteiger partial charge in [0.2, 0.25) is 11.8 Å². The van der Waals surface area contributed by atoms with Crippen LogP contribution in [0.1, 0.15) is 27.2 Å². The Balaban J connectivity index is 2.24. The van der Waals surface area contributed by atoms with Crippen LogP contribution in [-0.4, -0.2) is 68.9 Å². The van der Waals surface area contributed by atoms with Crippen molar-refractivity contribution in [3.05, 3.63) is 10.6 Å². The van der Waals surface area contributed by atoms with Crippen LogP contribution in [0.2, 0.25) is 0 Å². The number of carboxylic acid groups (broad SMARTS) is 1. The first-order valence-electron chi connectivity index (χ1n) is 7.86. The first-order valence-corrected chi connectivity index (χ1v) is 10.5. The summed E-state index contributed by atoms with van der Waals surface area (Å²) in [5, 5.41) is 11.9. The molecule has 1 saturated heterocycles. The maximum atomic E-state index is 12.5. The molecule has 0 aromatic carbocycles. The standard InChI is InChI=1S/C14H20N2O9S2/c1-7(17)15-4-5-26(21)9-6-8-10(14(2,3)25-27(22,23)24)12(18)16(8)11(9)13(19)20/h8,10H,4-6H2,1-3H3,(H,15,17)(H,19,20)(H,22,23,24)/t8-,10-,26-/m0/s1. The van der Waals surface area contributed by atoms with Crippen molar-refractivity contribution in [2.24, 2.45) is 5.92 Å². The maximum absolute atomic E-state index is 12.5. The van der Waals surface area contributed by atoms with Gasteiger partial charge in [-0.05, 0) is 13.8 Å². The molecule has 152 valence electrons. The van der Waals surface area contributed by atoms with E-state index in [1.807, 2.05) is 0 Å². The molecule has 11 nitrogen and oxygen atoms in total. The monoisotopic (exact) mass is 424 g/mol. The zero-order valence-electron chi connectivity index (χ0n) is 14.8. The summed E-state index contributed by atoms with van der Waals surface area (Å²) in [7, 11) is -6.59. The van der Waals surface area contributed by atoms with E-state index in [-0.39, 0.29) is 29.5 Å². The second-order valence-electron chi connectivity index (χ2n) is 6.68. The van der Waals surface area contributed by atoms with Crippen molar-refractivity contribution in [2.75, 3.05) is 12.3 Å². The van der Waals surface area contributed by atoms with E-state index in [9.17, 15) is 32.1 Å². The van der Waals surface area contributed by atoms with Gasteiger partial charge in [-0.25, -0.2) is 8.98 Å². The van der Waals surface area contributed by atoms with E-state index in [1.54, 1.807) is 0 Å². The van der Waals surface area contributed by atoms with Crippen LogP contribution < -0.4 is 5.32 Å². The molecule has 2 amide bonds.